The van der Waals surface area contributed by atoms with Crippen molar-refractivity contribution in [3.63, 3.8) is 0 Å². The number of hydrogen-bond donors (Lipinski definition) is 2. The number of allylic oxidation sites excluding steroid dienone is 2. The molecule has 3 aromatic rings. The first kappa shape index (κ1) is 22.8. The smallest absolute Gasteiger partial charge is 0.378 e. The van der Waals surface area contributed by atoms with Gasteiger partial charge in [0.2, 0.25) is 0 Å². The van der Waals surface area contributed by atoms with Crippen LogP contribution in [0.1, 0.15) is 35.1 Å². The van der Waals surface area contributed by atoms with Crippen LogP contribution in [0.25, 0.3) is 0 Å². The number of alkyl halides is 3. The minimum Gasteiger partial charge on any atom is -0.378 e. The van der Waals surface area contributed by atoms with Crippen LogP contribution in [0.5, 0.6) is 0 Å². The normalized spacial score (nSPS) is 21.5. The molecule has 0 saturated heterocycles. The maximum Gasteiger partial charge on any atom is 0.416 e. The summed E-state index contributed by atoms with van der Waals surface area (Å²) in [6.07, 6.45) is 0.399. The van der Waals surface area contributed by atoms with Gasteiger partial charge in [-0.1, -0.05) is 48.0 Å². The van der Waals surface area contributed by atoms with Crippen molar-refractivity contribution in [1.29, 1.82) is 0 Å². The summed E-state index contributed by atoms with van der Waals surface area (Å²) in [6, 6.07) is 16.5. The van der Waals surface area contributed by atoms with Crippen LogP contribution >= 0.6 is 11.6 Å². The second-order valence-corrected chi connectivity index (χ2v) is 10.5. The van der Waals surface area contributed by atoms with Gasteiger partial charge in [-0.15, -0.1) is 0 Å². The van der Waals surface area contributed by atoms with Crippen LogP contribution in [0.2, 0.25) is 5.02 Å². The van der Waals surface area contributed by atoms with E-state index < -0.39 is 21.8 Å². The van der Waals surface area contributed by atoms with E-state index in [0.29, 0.717) is 5.02 Å². The molecule has 0 saturated carbocycles. The largest absolute Gasteiger partial charge is 0.416 e. The van der Waals surface area contributed by atoms with Crippen molar-refractivity contribution in [3.05, 3.63) is 101 Å². The van der Waals surface area contributed by atoms with Crippen molar-refractivity contribution < 1.29 is 21.6 Å². The molecule has 0 aromatic heterocycles. The molecule has 2 unspecified atom stereocenters. The minimum absolute atomic E-state index is 0.0127. The Hall–Kier alpha value is -2.97. The van der Waals surface area contributed by atoms with Gasteiger partial charge < -0.3 is 5.32 Å². The fourth-order valence-electron chi connectivity index (χ4n) is 4.75. The van der Waals surface area contributed by atoms with Crippen LogP contribution < -0.4 is 10.0 Å². The van der Waals surface area contributed by atoms with E-state index >= 15 is 0 Å². The van der Waals surface area contributed by atoms with E-state index in [1.165, 1.54) is 18.2 Å². The van der Waals surface area contributed by atoms with Crippen molar-refractivity contribution in [2.75, 3.05) is 10.0 Å². The first-order valence-electron chi connectivity index (χ1n) is 10.7. The topological polar surface area (TPSA) is 58.2 Å². The zero-order chi connectivity index (χ0) is 24.1. The predicted octanol–water partition coefficient (Wildman–Crippen LogP) is 6.99. The molecule has 0 radical (unpaired) electrons. The Kier molecular flexibility index (Phi) is 5.61. The van der Waals surface area contributed by atoms with Gasteiger partial charge in [-0.3, -0.25) is 4.72 Å². The molecule has 1 aliphatic heterocycles. The number of fused-ring (bicyclic) bond motifs is 3. The number of halogens is 4. The SMILES string of the molecule is O=S(=O)(Nc1cccc(C(F)(F)F)c1)c1ccc2c(c1)C1C=CCC1[C@H](c1ccccc1Cl)N2. The van der Waals surface area contributed by atoms with Crippen molar-refractivity contribution in [2.45, 2.75) is 29.5 Å². The Balaban J connectivity index is 1.47. The van der Waals surface area contributed by atoms with Crippen LogP contribution in [0.4, 0.5) is 24.5 Å². The highest BCUT2D eigenvalue weighted by molar-refractivity contribution is 7.92. The lowest BCUT2D eigenvalue weighted by Crippen LogP contribution is -2.29. The number of rotatable bonds is 4. The molecule has 0 bridgehead atoms. The molecule has 2 aliphatic rings. The molecule has 4 nitrogen and oxygen atoms in total. The molecular weight excluding hydrogens is 485 g/mol. The lowest BCUT2D eigenvalue weighted by atomic mass is 9.77. The summed E-state index contributed by atoms with van der Waals surface area (Å²) in [5, 5.41) is 4.18. The van der Waals surface area contributed by atoms with E-state index in [1.807, 2.05) is 24.3 Å². The number of benzene rings is 3. The van der Waals surface area contributed by atoms with Gasteiger partial charge >= 0.3 is 6.18 Å². The van der Waals surface area contributed by atoms with E-state index in [4.69, 9.17) is 11.6 Å². The average Bonchev–Trinajstić information content (AvgIpc) is 3.28. The van der Waals surface area contributed by atoms with Gasteiger partial charge in [0, 0.05) is 22.3 Å². The van der Waals surface area contributed by atoms with E-state index in [1.54, 1.807) is 12.1 Å². The zero-order valence-corrected chi connectivity index (χ0v) is 19.3. The Morgan fingerprint density at radius 3 is 2.53 bits per heavy atom. The maximum atomic E-state index is 13.0. The summed E-state index contributed by atoms with van der Waals surface area (Å²) in [7, 11) is -4.10. The third kappa shape index (κ3) is 4.16. The predicted molar refractivity (Wildman–Crippen MR) is 126 cm³/mol. The lowest BCUT2D eigenvalue weighted by molar-refractivity contribution is -0.137. The maximum absolute atomic E-state index is 13.0. The van der Waals surface area contributed by atoms with E-state index in [0.717, 1.165) is 35.4 Å². The van der Waals surface area contributed by atoms with Crippen molar-refractivity contribution in [3.8, 4) is 0 Å². The number of anilines is 2. The highest BCUT2D eigenvalue weighted by Gasteiger charge is 2.39. The molecule has 9 heteroatoms. The van der Waals surface area contributed by atoms with Crippen molar-refractivity contribution in [1.82, 2.24) is 0 Å². The van der Waals surface area contributed by atoms with Crippen LogP contribution in [0.15, 0.2) is 83.8 Å². The van der Waals surface area contributed by atoms with Crippen LogP contribution in [-0.2, 0) is 16.2 Å². The molecule has 3 aromatic carbocycles. The minimum atomic E-state index is -4.57. The number of sulfonamides is 1. The van der Waals surface area contributed by atoms with Gasteiger partial charge in [0.15, 0.2) is 0 Å². The van der Waals surface area contributed by atoms with Gasteiger partial charge in [0.1, 0.15) is 0 Å². The van der Waals surface area contributed by atoms with Gasteiger partial charge in [-0.05, 0) is 65.9 Å². The molecule has 34 heavy (non-hydrogen) atoms. The van der Waals surface area contributed by atoms with Crippen LogP contribution in [0, 0.1) is 5.92 Å². The quantitative estimate of drug-likeness (QED) is 0.377. The first-order valence-corrected chi connectivity index (χ1v) is 12.5. The summed E-state index contributed by atoms with van der Waals surface area (Å²) in [5.41, 5.74) is 1.54. The van der Waals surface area contributed by atoms with Gasteiger partial charge in [0.05, 0.1) is 16.5 Å². The molecule has 0 spiro atoms. The molecule has 0 fully saturated rings. The van der Waals surface area contributed by atoms with Gasteiger partial charge in [-0.25, -0.2) is 8.42 Å². The lowest BCUT2D eigenvalue weighted by Gasteiger charge is -2.38. The van der Waals surface area contributed by atoms with E-state index in [2.05, 4.69) is 22.2 Å². The molecular formula is C25H20ClF3N2O2S. The number of nitrogens with one attached hydrogen (secondary N) is 2. The van der Waals surface area contributed by atoms with Crippen molar-refractivity contribution >= 4 is 33.0 Å². The fraction of sp³-hybridized carbons (Fsp3) is 0.200. The molecule has 5 rings (SSSR count). The van der Waals surface area contributed by atoms with Crippen LogP contribution in [0.3, 0.4) is 0 Å². The molecule has 3 atom stereocenters. The molecule has 1 aliphatic carbocycles. The zero-order valence-electron chi connectivity index (χ0n) is 17.7. The summed E-state index contributed by atoms with van der Waals surface area (Å²) >= 11 is 6.46. The molecule has 176 valence electrons. The highest BCUT2D eigenvalue weighted by Crippen LogP contribution is 2.51. The van der Waals surface area contributed by atoms with Crippen molar-refractivity contribution in [2.24, 2.45) is 5.92 Å². The van der Waals surface area contributed by atoms with E-state index in [9.17, 15) is 21.6 Å². The summed E-state index contributed by atoms with van der Waals surface area (Å²) in [4.78, 5) is -0.0132. The Labute approximate surface area is 200 Å². The Bertz CT molecular complexity index is 1390. The summed E-state index contributed by atoms with van der Waals surface area (Å²) in [6.45, 7) is 0. The third-order valence-corrected chi connectivity index (χ3v) is 8.05. The van der Waals surface area contributed by atoms with Crippen LogP contribution in [-0.4, -0.2) is 8.42 Å². The van der Waals surface area contributed by atoms with Gasteiger partial charge in [-0.2, -0.15) is 13.2 Å². The fourth-order valence-corrected chi connectivity index (χ4v) is 6.09. The van der Waals surface area contributed by atoms with E-state index in [-0.39, 0.29) is 28.5 Å². The highest BCUT2D eigenvalue weighted by atomic mass is 35.5. The summed E-state index contributed by atoms with van der Waals surface area (Å²) < 4.78 is 67.4. The second kappa shape index (κ2) is 8.36. The third-order valence-electron chi connectivity index (χ3n) is 6.33. The Morgan fingerprint density at radius 2 is 1.76 bits per heavy atom. The standard InChI is InChI=1S/C25H20ClF3N2O2S/c26-22-10-2-1-7-20(22)24-19-9-4-8-18(19)21-14-17(11-12-23(21)30-24)34(32,33)31-16-6-3-5-15(13-16)25(27,28)29/h1-8,10-14,18-19,24,30-31H,9H2/t18?,19?,24-/m1/s1. The number of hydrogen-bond acceptors (Lipinski definition) is 3. The average molecular weight is 505 g/mol. The Morgan fingerprint density at radius 1 is 0.971 bits per heavy atom. The van der Waals surface area contributed by atoms with Gasteiger partial charge in [0.25, 0.3) is 10.0 Å². The molecule has 1 heterocycles. The monoisotopic (exact) mass is 504 g/mol. The summed E-state index contributed by atoms with van der Waals surface area (Å²) in [5.74, 6) is 0.142. The first-order chi connectivity index (χ1) is 16.1. The molecule has 0 amide bonds. The molecule has 2 N–H and O–H groups in total. The second-order valence-electron chi connectivity index (χ2n) is 8.43.